The Kier molecular flexibility index (Phi) is 6.72. The lowest BCUT2D eigenvalue weighted by molar-refractivity contribution is -0.121. The molecule has 1 N–H and O–H groups in total. The summed E-state index contributed by atoms with van der Waals surface area (Å²) in [4.78, 5) is 29.1. The Morgan fingerprint density at radius 2 is 1.89 bits per heavy atom. The molecule has 2 amide bonds. The highest BCUT2D eigenvalue weighted by atomic mass is 16.5. The third kappa shape index (κ3) is 4.80. The molecule has 27 heavy (non-hydrogen) atoms. The largest absolute Gasteiger partial charge is 0.482 e. The highest BCUT2D eigenvalue weighted by Crippen LogP contribution is 2.34. The molecule has 0 saturated carbocycles. The first kappa shape index (κ1) is 19.7. The Hall–Kier alpha value is -2.08. The SMILES string of the molecule is CCC(CC)C(=O)Nc1ccc2c(c1)N(CCN1CCCCC1)C(=O)CO2. The molecule has 0 aliphatic carbocycles. The van der Waals surface area contributed by atoms with Crippen LogP contribution in [0.5, 0.6) is 5.75 Å². The molecule has 0 bridgehead atoms. The molecule has 2 aliphatic rings. The van der Waals surface area contributed by atoms with Crippen LogP contribution in [-0.4, -0.2) is 49.5 Å². The number of hydrogen-bond acceptors (Lipinski definition) is 4. The van der Waals surface area contributed by atoms with Gasteiger partial charge in [0, 0.05) is 24.7 Å². The molecule has 0 aromatic heterocycles. The number of hydrogen-bond donors (Lipinski definition) is 1. The summed E-state index contributed by atoms with van der Waals surface area (Å²) in [6.45, 7) is 7.86. The number of nitrogens with one attached hydrogen (secondary N) is 1. The number of rotatable bonds is 7. The van der Waals surface area contributed by atoms with Crippen molar-refractivity contribution in [3.05, 3.63) is 18.2 Å². The van der Waals surface area contributed by atoms with Gasteiger partial charge in [0.15, 0.2) is 6.61 Å². The molecule has 0 spiro atoms. The van der Waals surface area contributed by atoms with Crippen LogP contribution in [0, 0.1) is 5.92 Å². The van der Waals surface area contributed by atoms with Crippen molar-refractivity contribution in [1.82, 2.24) is 4.90 Å². The van der Waals surface area contributed by atoms with Crippen LogP contribution >= 0.6 is 0 Å². The maximum Gasteiger partial charge on any atom is 0.265 e. The van der Waals surface area contributed by atoms with Gasteiger partial charge < -0.3 is 19.9 Å². The predicted molar refractivity (Wildman–Crippen MR) is 107 cm³/mol. The predicted octanol–water partition coefficient (Wildman–Crippen LogP) is 3.27. The Morgan fingerprint density at radius 3 is 2.59 bits per heavy atom. The standard InChI is InChI=1S/C21H31N3O3/c1-3-16(4-2)21(26)22-17-8-9-19-18(14-17)24(20(25)15-27-19)13-12-23-10-6-5-7-11-23/h8-9,14,16H,3-7,10-13,15H2,1-2H3,(H,22,26). The number of nitrogens with zero attached hydrogens (tertiary/aromatic N) is 2. The Balaban J connectivity index is 1.72. The van der Waals surface area contributed by atoms with Crippen molar-refractivity contribution in [2.24, 2.45) is 5.92 Å². The lowest BCUT2D eigenvalue weighted by atomic mass is 10.0. The lowest BCUT2D eigenvalue weighted by Crippen LogP contribution is -2.44. The first-order valence-corrected chi connectivity index (χ1v) is 10.2. The molecular formula is C21H31N3O3. The molecule has 1 saturated heterocycles. The molecule has 0 radical (unpaired) electrons. The van der Waals surface area contributed by atoms with E-state index in [1.165, 1.54) is 19.3 Å². The summed E-state index contributed by atoms with van der Waals surface area (Å²) in [5.74, 6) is 0.716. The minimum absolute atomic E-state index is 0.00844. The third-order valence-electron chi connectivity index (χ3n) is 5.61. The molecule has 2 aliphatic heterocycles. The summed E-state index contributed by atoms with van der Waals surface area (Å²) < 4.78 is 5.59. The van der Waals surface area contributed by atoms with Crippen molar-refractivity contribution < 1.29 is 14.3 Å². The van der Waals surface area contributed by atoms with Gasteiger partial charge in [-0.3, -0.25) is 9.59 Å². The summed E-state index contributed by atoms with van der Waals surface area (Å²) in [5, 5.41) is 2.99. The minimum atomic E-state index is -0.0250. The van der Waals surface area contributed by atoms with Crippen LogP contribution in [0.3, 0.4) is 0 Å². The van der Waals surface area contributed by atoms with E-state index in [2.05, 4.69) is 10.2 Å². The first-order valence-electron chi connectivity index (χ1n) is 10.2. The number of piperidine rings is 1. The summed E-state index contributed by atoms with van der Waals surface area (Å²) in [6.07, 6.45) is 5.41. The zero-order valence-corrected chi connectivity index (χ0v) is 16.5. The maximum absolute atomic E-state index is 12.5. The highest BCUT2D eigenvalue weighted by Gasteiger charge is 2.27. The molecule has 1 fully saturated rings. The molecule has 0 unspecified atom stereocenters. The van der Waals surface area contributed by atoms with Gasteiger partial charge in [0.2, 0.25) is 5.91 Å². The van der Waals surface area contributed by atoms with Gasteiger partial charge in [-0.2, -0.15) is 0 Å². The molecule has 6 heteroatoms. The average Bonchev–Trinajstić information content (AvgIpc) is 2.69. The molecular weight excluding hydrogens is 342 g/mol. The number of carbonyl (C=O) groups excluding carboxylic acids is 2. The first-order chi connectivity index (χ1) is 13.1. The summed E-state index contributed by atoms with van der Waals surface area (Å²) in [5.41, 5.74) is 1.47. The highest BCUT2D eigenvalue weighted by molar-refractivity contribution is 5.99. The van der Waals surface area contributed by atoms with E-state index in [4.69, 9.17) is 4.74 Å². The second-order valence-corrected chi connectivity index (χ2v) is 7.42. The van der Waals surface area contributed by atoms with Gasteiger partial charge >= 0.3 is 0 Å². The van der Waals surface area contributed by atoms with E-state index in [1.807, 2.05) is 32.0 Å². The summed E-state index contributed by atoms with van der Waals surface area (Å²) in [6, 6.07) is 5.55. The molecule has 1 aromatic rings. The third-order valence-corrected chi connectivity index (χ3v) is 5.61. The summed E-state index contributed by atoms with van der Waals surface area (Å²) in [7, 11) is 0. The molecule has 2 heterocycles. The van der Waals surface area contributed by atoms with E-state index < -0.39 is 0 Å². The van der Waals surface area contributed by atoms with Gasteiger partial charge in [0.1, 0.15) is 5.75 Å². The molecule has 6 nitrogen and oxygen atoms in total. The molecule has 3 rings (SSSR count). The van der Waals surface area contributed by atoms with Crippen LogP contribution in [0.1, 0.15) is 46.0 Å². The van der Waals surface area contributed by atoms with Gasteiger partial charge in [-0.25, -0.2) is 0 Å². The average molecular weight is 373 g/mol. The van der Waals surface area contributed by atoms with Crippen LogP contribution in [0.15, 0.2) is 18.2 Å². The quantitative estimate of drug-likeness (QED) is 0.797. The van der Waals surface area contributed by atoms with E-state index in [1.54, 1.807) is 4.90 Å². The second-order valence-electron chi connectivity index (χ2n) is 7.42. The zero-order valence-electron chi connectivity index (χ0n) is 16.5. The Morgan fingerprint density at radius 1 is 1.15 bits per heavy atom. The number of benzene rings is 1. The van der Waals surface area contributed by atoms with Crippen molar-refractivity contribution >= 4 is 23.2 Å². The number of likely N-dealkylation sites (tertiary alicyclic amines) is 1. The van der Waals surface area contributed by atoms with Crippen LogP contribution in [-0.2, 0) is 9.59 Å². The number of carbonyl (C=O) groups is 2. The van der Waals surface area contributed by atoms with Gasteiger partial charge in [0.05, 0.1) is 5.69 Å². The molecule has 0 atom stereocenters. The van der Waals surface area contributed by atoms with E-state index in [-0.39, 0.29) is 24.3 Å². The van der Waals surface area contributed by atoms with Crippen LogP contribution < -0.4 is 15.0 Å². The fraction of sp³-hybridized carbons (Fsp3) is 0.619. The second kappa shape index (κ2) is 9.22. The number of ether oxygens (including phenoxy) is 1. The topological polar surface area (TPSA) is 61.9 Å². The van der Waals surface area contributed by atoms with Crippen molar-refractivity contribution in [1.29, 1.82) is 0 Å². The van der Waals surface area contributed by atoms with Gasteiger partial charge in [-0.1, -0.05) is 20.3 Å². The Bertz CT molecular complexity index is 667. The van der Waals surface area contributed by atoms with Gasteiger partial charge in [0.25, 0.3) is 5.91 Å². The van der Waals surface area contributed by atoms with E-state index in [9.17, 15) is 9.59 Å². The summed E-state index contributed by atoms with van der Waals surface area (Å²) >= 11 is 0. The van der Waals surface area contributed by atoms with Gasteiger partial charge in [-0.15, -0.1) is 0 Å². The van der Waals surface area contributed by atoms with E-state index in [0.717, 1.165) is 38.2 Å². The van der Waals surface area contributed by atoms with Crippen molar-refractivity contribution in [3.8, 4) is 5.75 Å². The lowest BCUT2D eigenvalue weighted by Gasteiger charge is -2.33. The van der Waals surface area contributed by atoms with E-state index in [0.29, 0.717) is 18.0 Å². The van der Waals surface area contributed by atoms with Crippen LogP contribution in [0.4, 0.5) is 11.4 Å². The van der Waals surface area contributed by atoms with Crippen LogP contribution in [0.25, 0.3) is 0 Å². The maximum atomic E-state index is 12.5. The van der Waals surface area contributed by atoms with Crippen molar-refractivity contribution in [3.63, 3.8) is 0 Å². The van der Waals surface area contributed by atoms with Crippen LogP contribution in [0.2, 0.25) is 0 Å². The van der Waals surface area contributed by atoms with Crippen molar-refractivity contribution in [2.45, 2.75) is 46.0 Å². The molecule has 1 aromatic carbocycles. The smallest absolute Gasteiger partial charge is 0.265 e. The minimum Gasteiger partial charge on any atom is -0.482 e. The number of anilines is 2. The normalized spacial score (nSPS) is 17.6. The monoisotopic (exact) mass is 373 g/mol. The molecule has 148 valence electrons. The van der Waals surface area contributed by atoms with Gasteiger partial charge in [-0.05, 0) is 57.0 Å². The Labute approximate surface area is 161 Å². The zero-order chi connectivity index (χ0) is 19.2. The fourth-order valence-electron chi connectivity index (χ4n) is 3.85. The number of amides is 2. The fourth-order valence-corrected chi connectivity index (χ4v) is 3.85. The van der Waals surface area contributed by atoms with E-state index >= 15 is 0 Å². The number of fused-ring (bicyclic) bond motifs is 1. The van der Waals surface area contributed by atoms with Crippen molar-refractivity contribution in [2.75, 3.05) is 43.0 Å².